The second-order valence-electron chi connectivity index (χ2n) is 15.1. The zero-order valence-electron chi connectivity index (χ0n) is 30.1. The molecule has 0 aliphatic heterocycles. The van der Waals surface area contributed by atoms with Crippen LogP contribution in [-0.4, -0.2) is 0 Å². The Labute approximate surface area is 320 Å². The van der Waals surface area contributed by atoms with Crippen LogP contribution in [0.1, 0.15) is 22.3 Å². The van der Waals surface area contributed by atoms with E-state index in [1.54, 1.807) is 0 Å². The van der Waals surface area contributed by atoms with Crippen molar-refractivity contribution in [2.45, 2.75) is 5.41 Å². The molecule has 2 aliphatic rings. The van der Waals surface area contributed by atoms with Gasteiger partial charge < -0.3 is 0 Å². The van der Waals surface area contributed by atoms with Crippen molar-refractivity contribution in [3.63, 3.8) is 0 Å². The minimum Gasteiger partial charge on any atom is -0.0622 e. The highest BCUT2D eigenvalue weighted by atomic mass is 14.5. The normalized spacial score (nSPS) is 13.2. The maximum atomic E-state index is 2.51. The number of benzene rings is 10. The highest BCUT2D eigenvalue weighted by molar-refractivity contribution is 6.24. The van der Waals surface area contributed by atoms with Crippen molar-refractivity contribution < 1.29 is 0 Å². The Morgan fingerprint density at radius 1 is 0.218 bits per heavy atom. The van der Waals surface area contributed by atoms with Crippen molar-refractivity contribution in [3.05, 3.63) is 229 Å². The van der Waals surface area contributed by atoms with Crippen LogP contribution in [0.4, 0.5) is 0 Å². The summed E-state index contributed by atoms with van der Waals surface area (Å²) in [6.07, 6.45) is 0. The summed E-state index contributed by atoms with van der Waals surface area (Å²) in [4.78, 5) is 0. The van der Waals surface area contributed by atoms with Crippen molar-refractivity contribution in [2.24, 2.45) is 0 Å². The van der Waals surface area contributed by atoms with E-state index in [0.717, 1.165) is 0 Å². The highest BCUT2D eigenvalue weighted by Gasteiger charge is 2.51. The van der Waals surface area contributed by atoms with Gasteiger partial charge in [0.15, 0.2) is 0 Å². The van der Waals surface area contributed by atoms with Crippen LogP contribution in [0, 0.1) is 0 Å². The summed E-state index contributed by atoms with van der Waals surface area (Å²) in [6, 6.07) is 77.0. The molecule has 10 aromatic carbocycles. The first-order chi connectivity index (χ1) is 27.3. The topological polar surface area (TPSA) is 0 Å². The van der Waals surface area contributed by atoms with Gasteiger partial charge in [0, 0.05) is 0 Å². The molecule has 0 bridgehead atoms. The van der Waals surface area contributed by atoms with Crippen molar-refractivity contribution in [3.8, 4) is 55.6 Å². The predicted octanol–water partition coefficient (Wildman–Crippen LogP) is 14.5. The zero-order valence-corrected chi connectivity index (χ0v) is 30.1. The molecule has 0 aromatic heterocycles. The van der Waals surface area contributed by atoms with Gasteiger partial charge in [0.05, 0.1) is 5.41 Å². The average molecular weight is 695 g/mol. The summed E-state index contributed by atoms with van der Waals surface area (Å²) in [6.45, 7) is 0. The third kappa shape index (κ3) is 4.06. The van der Waals surface area contributed by atoms with Crippen LogP contribution in [-0.2, 0) is 5.41 Å². The van der Waals surface area contributed by atoms with Gasteiger partial charge in [0.25, 0.3) is 0 Å². The number of rotatable bonds is 3. The Bertz CT molecular complexity index is 3080. The Morgan fingerprint density at radius 3 is 1.15 bits per heavy atom. The maximum Gasteiger partial charge on any atom is 0.0725 e. The van der Waals surface area contributed by atoms with Gasteiger partial charge in [-0.1, -0.05) is 200 Å². The molecule has 0 heteroatoms. The van der Waals surface area contributed by atoms with E-state index in [9.17, 15) is 0 Å². The lowest BCUT2D eigenvalue weighted by Gasteiger charge is -2.30. The molecule has 0 nitrogen and oxygen atoms in total. The summed E-state index contributed by atoms with van der Waals surface area (Å²) in [5, 5.41) is 7.62. The number of hydrogen-bond donors (Lipinski definition) is 0. The van der Waals surface area contributed by atoms with Crippen molar-refractivity contribution in [1.29, 1.82) is 0 Å². The molecule has 0 saturated heterocycles. The standard InChI is InChI=1S/C55H34/c1-2-16-35(17-3-1)53-44-23-6-8-25-46(44)54(47-26-9-7-24-45(47)53)48-33-32-37(38-18-4-5-19-39(38)48)36-30-31-43-42-22-12-15-29-51(42)55(52(43)34-36)49-27-13-10-20-40(49)41-21-11-14-28-50(41)55/h1-34H. The Hall–Kier alpha value is -7.02. The molecule has 0 radical (unpaired) electrons. The third-order valence-corrected chi connectivity index (χ3v) is 12.5. The van der Waals surface area contributed by atoms with E-state index in [2.05, 4.69) is 206 Å². The molecule has 0 saturated carbocycles. The first kappa shape index (κ1) is 30.4. The van der Waals surface area contributed by atoms with Gasteiger partial charge in [-0.05, 0) is 116 Å². The summed E-state index contributed by atoms with van der Waals surface area (Å²) < 4.78 is 0. The Kier molecular flexibility index (Phi) is 6.36. The van der Waals surface area contributed by atoms with Gasteiger partial charge in [-0.15, -0.1) is 0 Å². The van der Waals surface area contributed by atoms with Gasteiger partial charge in [-0.3, -0.25) is 0 Å². The van der Waals surface area contributed by atoms with E-state index >= 15 is 0 Å². The van der Waals surface area contributed by atoms with Crippen molar-refractivity contribution >= 4 is 32.3 Å². The molecule has 1 spiro atoms. The second kappa shape index (κ2) is 11.5. The molecular formula is C55H34. The molecule has 0 heterocycles. The molecule has 0 N–H and O–H groups in total. The first-order valence-corrected chi connectivity index (χ1v) is 19.3. The Balaban J connectivity index is 1.12. The van der Waals surface area contributed by atoms with Gasteiger partial charge in [-0.2, -0.15) is 0 Å². The smallest absolute Gasteiger partial charge is 0.0622 e. The van der Waals surface area contributed by atoms with Crippen molar-refractivity contribution in [1.82, 2.24) is 0 Å². The van der Waals surface area contributed by atoms with Crippen LogP contribution in [0.5, 0.6) is 0 Å². The van der Waals surface area contributed by atoms with E-state index in [0.29, 0.717) is 0 Å². The van der Waals surface area contributed by atoms with E-state index in [1.165, 1.54) is 110 Å². The predicted molar refractivity (Wildman–Crippen MR) is 232 cm³/mol. The number of hydrogen-bond acceptors (Lipinski definition) is 0. The minimum atomic E-state index is -0.372. The zero-order chi connectivity index (χ0) is 36.1. The first-order valence-electron chi connectivity index (χ1n) is 19.3. The molecule has 254 valence electrons. The third-order valence-electron chi connectivity index (χ3n) is 12.5. The monoisotopic (exact) mass is 694 g/mol. The Morgan fingerprint density at radius 2 is 0.600 bits per heavy atom. The molecule has 12 rings (SSSR count). The van der Waals surface area contributed by atoms with E-state index in [4.69, 9.17) is 0 Å². The lowest BCUT2D eigenvalue weighted by Crippen LogP contribution is -2.25. The molecule has 0 unspecified atom stereocenters. The molecule has 2 aliphatic carbocycles. The van der Waals surface area contributed by atoms with E-state index < -0.39 is 0 Å². The fraction of sp³-hybridized carbons (Fsp3) is 0.0182. The SMILES string of the molecule is c1ccc(-c2c3ccccc3c(-c3ccc(-c4ccc5c(c4)C4(c6ccccc6-c6ccccc64)c4ccccc4-5)c4ccccc34)c3ccccc23)cc1. The van der Waals surface area contributed by atoms with E-state index in [-0.39, 0.29) is 5.41 Å². The fourth-order valence-electron chi connectivity index (χ4n) is 10.4. The molecule has 0 atom stereocenters. The quantitative estimate of drug-likeness (QED) is 0.162. The summed E-state index contributed by atoms with van der Waals surface area (Å²) in [5.74, 6) is 0. The van der Waals surface area contributed by atoms with E-state index in [1.807, 2.05) is 0 Å². The largest absolute Gasteiger partial charge is 0.0725 e. The van der Waals surface area contributed by atoms with Gasteiger partial charge in [0.2, 0.25) is 0 Å². The van der Waals surface area contributed by atoms with Crippen LogP contribution < -0.4 is 0 Å². The van der Waals surface area contributed by atoms with Crippen LogP contribution >= 0.6 is 0 Å². The molecule has 10 aromatic rings. The molecule has 55 heavy (non-hydrogen) atoms. The minimum absolute atomic E-state index is 0.372. The van der Waals surface area contributed by atoms with Gasteiger partial charge in [0.1, 0.15) is 0 Å². The van der Waals surface area contributed by atoms with Crippen molar-refractivity contribution in [2.75, 3.05) is 0 Å². The summed E-state index contributed by atoms with van der Waals surface area (Å²) >= 11 is 0. The van der Waals surface area contributed by atoms with Crippen LogP contribution in [0.15, 0.2) is 206 Å². The lowest BCUT2D eigenvalue weighted by molar-refractivity contribution is 0.794. The summed E-state index contributed by atoms with van der Waals surface area (Å²) in [7, 11) is 0. The molecule has 0 fully saturated rings. The highest BCUT2D eigenvalue weighted by Crippen LogP contribution is 2.63. The van der Waals surface area contributed by atoms with Gasteiger partial charge in [-0.25, -0.2) is 0 Å². The summed E-state index contributed by atoms with van der Waals surface area (Å²) in [5.41, 5.74) is 18.0. The molecule has 0 amide bonds. The van der Waals surface area contributed by atoms with Crippen LogP contribution in [0.3, 0.4) is 0 Å². The van der Waals surface area contributed by atoms with Crippen LogP contribution in [0.25, 0.3) is 88.0 Å². The van der Waals surface area contributed by atoms with Gasteiger partial charge >= 0.3 is 0 Å². The fourth-order valence-corrected chi connectivity index (χ4v) is 10.4. The van der Waals surface area contributed by atoms with Crippen LogP contribution in [0.2, 0.25) is 0 Å². The maximum absolute atomic E-state index is 2.51. The second-order valence-corrected chi connectivity index (χ2v) is 15.1. The average Bonchev–Trinajstić information content (AvgIpc) is 3.73. The lowest BCUT2D eigenvalue weighted by atomic mass is 9.70. The number of fused-ring (bicyclic) bond motifs is 13. The molecular weight excluding hydrogens is 661 g/mol.